The molecule has 140 valence electrons. The molecule has 3 aromatic rings. The quantitative estimate of drug-likeness (QED) is 0.606. The molecule has 28 heavy (non-hydrogen) atoms. The van der Waals surface area contributed by atoms with Gasteiger partial charge in [-0.3, -0.25) is 4.98 Å². The molecule has 0 aliphatic heterocycles. The van der Waals surface area contributed by atoms with Crippen LogP contribution < -0.4 is 5.32 Å². The fourth-order valence-corrected chi connectivity index (χ4v) is 3.59. The lowest BCUT2D eigenvalue weighted by Crippen LogP contribution is -2.27. The lowest BCUT2D eigenvalue weighted by Gasteiger charge is -2.30. The van der Waals surface area contributed by atoms with Crippen LogP contribution in [0.25, 0.3) is 0 Å². The Morgan fingerprint density at radius 2 is 1.71 bits per heavy atom. The first-order chi connectivity index (χ1) is 13.7. The summed E-state index contributed by atoms with van der Waals surface area (Å²) in [7, 11) is 0. The van der Waals surface area contributed by atoms with E-state index in [4.69, 9.17) is 5.26 Å². The van der Waals surface area contributed by atoms with Gasteiger partial charge >= 0.3 is 0 Å². The maximum Gasteiger partial charge on any atom is 0.115 e. The molecule has 0 saturated heterocycles. The Balaban J connectivity index is 1.65. The molecule has 1 fully saturated rings. The monoisotopic (exact) mass is 369 g/mol. The number of nitrogens with one attached hydrogen (secondary N) is 1. The summed E-state index contributed by atoms with van der Waals surface area (Å²) in [4.78, 5) is 4.10. The van der Waals surface area contributed by atoms with Crippen LogP contribution in [0.4, 0.5) is 11.4 Å². The van der Waals surface area contributed by atoms with Crippen LogP contribution in [0.3, 0.4) is 0 Å². The molecular weight excluding hydrogens is 346 g/mol. The topological polar surface area (TPSA) is 68.9 Å². The zero-order chi connectivity index (χ0) is 19.4. The summed E-state index contributed by atoms with van der Waals surface area (Å²) >= 11 is 0. The third-order valence-electron chi connectivity index (χ3n) is 5.39. The molecule has 1 aromatic heterocycles. The highest BCUT2D eigenvalue weighted by atomic mass is 16.3. The zero-order valence-corrected chi connectivity index (χ0v) is 15.7. The van der Waals surface area contributed by atoms with Crippen molar-refractivity contribution in [3.05, 3.63) is 89.7 Å². The first-order valence-electron chi connectivity index (χ1n) is 9.68. The van der Waals surface area contributed by atoms with Crippen LogP contribution in [0, 0.1) is 17.2 Å². The molecular formula is C24H23N3O. The average molecular weight is 369 g/mol. The van der Waals surface area contributed by atoms with Gasteiger partial charge < -0.3 is 10.4 Å². The number of anilines is 2. The predicted octanol–water partition coefficient (Wildman–Crippen LogP) is 5.12. The van der Waals surface area contributed by atoms with Gasteiger partial charge in [0.25, 0.3) is 0 Å². The average Bonchev–Trinajstić information content (AvgIpc) is 3.58. The number of pyridine rings is 1. The molecule has 1 saturated carbocycles. The molecule has 4 nitrogen and oxygen atoms in total. The van der Waals surface area contributed by atoms with E-state index >= 15 is 0 Å². The van der Waals surface area contributed by atoms with E-state index in [0.717, 1.165) is 34.8 Å². The Bertz CT molecular complexity index is 992. The van der Waals surface area contributed by atoms with Gasteiger partial charge in [-0.05, 0) is 72.4 Å². The molecule has 4 heteroatoms. The van der Waals surface area contributed by atoms with E-state index in [1.54, 1.807) is 18.5 Å². The third kappa shape index (κ3) is 4.05. The van der Waals surface area contributed by atoms with Gasteiger partial charge in [-0.2, -0.15) is 5.26 Å². The normalized spacial score (nSPS) is 15.4. The van der Waals surface area contributed by atoms with Crippen LogP contribution >= 0.6 is 0 Å². The van der Waals surface area contributed by atoms with Gasteiger partial charge in [0.05, 0.1) is 11.6 Å². The summed E-state index contributed by atoms with van der Waals surface area (Å²) in [6, 6.07) is 21.2. The minimum Gasteiger partial charge on any atom is -0.380 e. The van der Waals surface area contributed by atoms with Crippen LogP contribution in [0.5, 0.6) is 0 Å². The SMILES string of the molecule is N#Cc1cccc(Nc2cccc(C(O)(CCC3CC3)c3ccncc3)c2)c1. The first kappa shape index (κ1) is 18.2. The lowest BCUT2D eigenvalue weighted by atomic mass is 9.82. The fraction of sp³-hybridized carbons (Fsp3) is 0.250. The van der Waals surface area contributed by atoms with E-state index in [1.165, 1.54) is 12.8 Å². The van der Waals surface area contributed by atoms with E-state index in [9.17, 15) is 5.11 Å². The van der Waals surface area contributed by atoms with Crippen molar-refractivity contribution in [2.45, 2.75) is 31.3 Å². The van der Waals surface area contributed by atoms with Crippen molar-refractivity contribution >= 4 is 11.4 Å². The molecule has 1 atom stereocenters. The molecule has 1 aliphatic carbocycles. The second-order valence-electron chi connectivity index (χ2n) is 7.48. The Kier molecular flexibility index (Phi) is 5.10. The van der Waals surface area contributed by atoms with Gasteiger partial charge in [0, 0.05) is 23.8 Å². The first-order valence-corrected chi connectivity index (χ1v) is 9.68. The number of nitriles is 1. The summed E-state index contributed by atoms with van der Waals surface area (Å²) in [5, 5.41) is 24.1. The third-order valence-corrected chi connectivity index (χ3v) is 5.39. The Labute approximate surface area is 165 Å². The van der Waals surface area contributed by atoms with Crippen LogP contribution in [-0.4, -0.2) is 10.1 Å². The summed E-state index contributed by atoms with van der Waals surface area (Å²) in [5.74, 6) is 0.739. The van der Waals surface area contributed by atoms with Gasteiger partial charge in [-0.25, -0.2) is 0 Å². The molecule has 2 N–H and O–H groups in total. The minimum absolute atomic E-state index is 0.610. The molecule has 1 unspecified atom stereocenters. The number of rotatable bonds is 7. The van der Waals surface area contributed by atoms with E-state index < -0.39 is 5.60 Å². The fourth-order valence-electron chi connectivity index (χ4n) is 3.59. The molecule has 1 heterocycles. The van der Waals surface area contributed by atoms with Gasteiger partial charge in [0.15, 0.2) is 0 Å². The molecule has 2 aromatic carbocycles. The van der Waals surface area contributed by atoms with Crippen molar-refractivity contribution in [1.82, 2.24) is 4.98 Å². The van der Waals surface area contributed by atoms with Crippen LogP contribution in [-0.2, 0) is 5.60 Å². The lowest BCUT2D eigenvalue weighted by molar-refractivity contribution is 0.0669. The molecule has 0 radical (unpaired) electrons. The van der Waals surface area contributed by atoms with Gasteiger partial charge in [0.2, 0.25) is 0 Å². The number of aliphatic hydroxyl groups is 1. The highest BCUT2D eigenvalue weighted by molar-refractivity contribution is 5.62. The van der Waals surface area contributed by atoms with E-state index in [-0.39, 0.29) is 0 Å². The van der Waals surface area contributed by atoms with E-state index in [0.29, 0.717) is 12.0 Å². The molecule has 0 bridgehead atoms. The Hall–Kier alpha value is -3.16. The minimum atomic E-state index is -1.04. The van der Waals surface area contributed by atoms with Crippen molar-refractivity contribution in [1.29, 1.82) is 5.26 Å². The standard InChI is InChI=1S/C24H23N3O/c25-17-19-3-1-5-22(15-19)27-23-6-2-4-21(16-23)24(28,12-9-18-7-8-18)20-10-13-26-14-11-20/h1-6,10-11,13-16,18,27-28H,7-9,12H2. The van der Waals surface area contributed by atoms with Gasteiger partial charge in [0.1, 0.15) is 5.60 Å². The van der Waals surface area contributed by atoms with Crippen LogP contribution in [0.1, 0.15) is 42.4 Å². The second-order valence-corrected chi connectivity index (χ2v) is 7.48. The van der Waals surface area contributed by atoms with Crippen molar-refractivity contribution in [2.24, 2.45) is 5.92 Å². The summed E-state index contributed by atoms with van der Waals surface area (Å²) in [5.41, 5.74) is 3.03. The van der Waals surface area contributed by atoms with Crippen LogP contribution in [0.15, 0.2) is 73.1 Å². The molecule has 4 rings (SSSR count). The Morgan fingerprint density at radius 1 is 1.00 bits per heavy atom. The molecule has 1 aliphatic rings. The summed E-state index contributed by atoms with van der Waals surface area (Å²) < 4.78 is 0. The summed E-state index contributed by atoms with van der Waals surface area (Å²) in [6.45, 7) is 0. The van der Waals surface area contributed by atoms with Gasteiger partial charge in [-0.1, -0.05) is 31.0 Å². The second kappa shape index (κ2) is 7.84. The van der Waals surface area contributed by atoms with E-state index in [2.05, 4.69) is 16.4 Å². The highest BCUT2D eigenvalue weighted by Crippen LogP contribution is 2.41. The number of hydrogen-bond donors (Lipinski definition) is 2. The van der Waals surface area contributed by atoms with Crippen LogP contribution in [0.2, 0.25) is 0 Å². The number of nitrogens with zero attached hydrogens (tertiary/aromatic N) is 2. The maximum absolute atomic E-state index is 11.7. The van der Waals surface area contributed by atoms with Gasteiger partial charge in [-0.15, -0.1) is 0 Å². The van der Waals surface area contributed by atoms with Crippen molar-refractivity contribution in [2.75, 3.05) is 5.32 Å². The molecule has 0 spiro atoms. The number of benzene rings is 2. The maximum atomic E-state index is 11.7. The smallest absolute Gasteiger partial charge is 0.115 e. The van der Waals surface area contributed by atoms with E-state index in [1.807, 2.05) is 54.6 Å². The Morgan fingerprint density at radius 3 is 2.43 bits per heavy atom. The van der Waals surface area contributed by atoms with Crippen molar-refractivity contribution in [3.63, 3.8) is 0 Å². The van der Waals surface area contributed by atoms with Crippen molar-refractivity contribution < 1.29 is 5.11 Å². The largest absolute Gasteiger partial charge is 0.380 e. The highest BCUT2D eigenvalue weighted by Gasteiger charge is 2.34. The predicted molar refractivity (Wildman–Crippen MR) is 110 cm³/mol. The van der Waals surface area contributed by atoms with Crippen molar-refractivity contribution in [3.8, 4) is 6.07 Å². The summed E-state index contributed by atoms with van der Waals surface area (Å²) in [6.07, 6.45) is 7.70. The number of aromatic nitrogens is 1. The number of hydrogen-bond acceptors (Lipinski definition) is 4. The zero-order valence-electron chi connectivity index (χ0n) is 15.7. The molecule has 0 amide bonds.